The number of nitrogens with one attached hydrogen (secondary N) is 2. The molecule has 1 rings (SSSR count). The summed E-state index contributed by atoms with van der Waals surface area (Å²) in [5.74, 6) is 5.03. The van der Waals surface area contributed by atoms with E-state index in [1.807, 2.05) is 0 Å². The third kappa shape index (κ3) is 5.48. The van der Waals surface area contributed by atoms with Crippen LogP contribution < -0.4 is 21.1 Å². The third-order valence-electron chi connectivity index (χ3n) is 2.09. The van der Waals surface area contributed by atoms with Crippen LogP contribution in [0.25, 0.3) is 0 Å². The zero-order chi connectivity index (χ0) is 14.5. The lowest BCUT2D eigenvalue weighted by Gasteiger charge is -2.07. The van der Waals surface area contributed by atoms with Gasteiger partial charge in [-0.05, 0) is 12.5 Å². The van der Waals surface area contributed by atoms with Crippen molar-refractivity contribution < 1.29 is 16.8 Å². The minimum Gasteiger partial charge on any atom is -0.308 e. The number of hydrogen-bond acceptors (Lipinski definition) is 7. The van der Waals surface area contributed by atoms with E-state index in [1.165, 1.54) is 18.3 Å². The van der Waals surface area contributed by atoms with E-state index < -0.39 is 20.0 Å². The number of nitrogens with two attached hydrogens (primary N) is 2. The van der Waals surface area contributed by atoms with Crippen molar-refractivity contribution in [3.05, 3.63) is 18.3 Å². The standard InChI is InChI=1S/C8H15N5O4S2/c9-13-8-6-7(2-4-11-8)19(16,17)12-3-1-5-18(10,14)15/h2,4,6,12H,1,3,5,9H2,(H,11,13)(H2,10,14,15). The maximum atomic E-state index is 11.8. The monoisotopic (exact) mass is 309 g/mol. The fraction of sp³-hybridized carbons (Fsp3) is 0.375. The number of primary sulfonamides is 1. The van der Waals surface area contributed by atoms with Crippen LogP contribution in [0, 0.1) is 0 Å². The number of pyridine rings is 1. The zero-order valence-corrected chi connectivity index (χ0v) is 11.5. The molecule has 0 aliphatic carbocycles. The van der Waals surface area contributed by atoms with Gasteiger partial charge in [0.1, 0.15) is 5.82 Å². The van der Waals surface area contributed by atoms with Crippen LogP contribution in [0.3, 0.4) is 0 Å². The second-order valence-corrected chi connectivity index (χ2v) is 7.14. The first-order valence-corrected chi connectivity index (χ1v) is 8.37. The van der Waals surface area contributed by atoms with E-state index in [9.17, 15) is 16.8 Å². The second kappa shape index (κ2) is 6.25. The highest BCUT2D eigenvalue weighted by atomic mass is 32.2. The molecule has 0 aliphatic heterocycles. The molecule has 0 amide bonds. The van der Waals surface area contributed by atoms with Crippen molar-refractivity contribution in [2.75, 3.05) is 17.7 Å². The maximum absolute atomic E-state index is 11.8. The number of nitrogens with zero attached hydrogens (tertiary/aromatic N) is 1. The van der Waals surface area contributed by atoms with Gasteiger partial charge in [0.05, 0.1) is 10.6 Å². The third-order valence-corrected chi connectivity index (χ3v) is 4.40. The first-order valence-electron chi connectivity index (χ1n) is 5.17. The molecule has 0 bridgehead atoms. The Labute approximate surface area is 111 Å². The van der Waals surface area contributed by atoms with Crippen LogP contribution in [0.15, 0.2) is 23.2 Å². The number of anilines is 1. The summed E-state index contributed by atoms with van der Waals surface area (Å²) in [5.41, 5.74) is 2.23. The highest BCUT2D eigenvalue weighted by molar-refractivity contribution is 7.89. The summed E-state index contributed by atoms with van der Waals surface area (Å²) < 4.78 is 47.3. The van der Waals surface area contributed by atoms with E-state index >= 15 is 0 Å². The smallest absolute Gasteiger partial charge is 0.240 e. The second-order valence-electron chi connectivity index (χ2n) is 3.64. The predicted molar refractivity (Wildman–Crippen MR) is 69.8 cm³/mol. The van der Waals surface area contributed by atoms with Gasteiger partial charge in [0.25, 0.3) is 0 Å². The van der Waals surface area contributed by atoms with E-state index in [0.717, 1.165) is 0 Å². The van der Waals surface area contributed by atoms with E-state index in [2.05, 4.69) is 15.1 Å². The van der Waals surface area contributed by atoms with Crippen LogP contribution in [0.5, 0.6) is 0 Å². The fourth-order valence-electron chi connectivity index (χ4n) is 1.22. The van der Waals surface area contributed by atoms with Gasteiger partial charge in [-0.15, -0.1) is 0 Å². The average Bonchev–Trinajstić information content (AvgIpc) is 2.34. The summed E-state index contributed by atoms with van der Waals surface area (Å²) in [6, 6.07) is 2.55. The van der Waals surface area contributed by atoms with Crippen LogP contribution in [-0.2, 0) is 20.0 Å². The van der Waals surface area contributed by atoms with Gasteiger partial charge in [-0.1, -0.05) is 0 Å². The first-order chi connectivity index (χ1) is 8.74. The number of rotatable bonds is 7. The lowest BCUT2D eigenvalue weighted by Crippen LogP contribution is -2.27. The van der Waals surface area contributed by atoms with Crippen LogP contribution in [0.1, 0.15) is 6.42 Å². The van der Waals surface area contributed by atoms with Gasteiger partial charge in [0, 0.05) is 18.8 Å². The van der Waals surface area contributed by atoms with Crippen LogP contribution in [-0.4, -0.2) is 34.1 Å². The summed E-state index contributed by atoms with van der Waals surface area (Å²) in [7, 11) is -7.32. The summed E-state index contributed by atoms with van der Waals surface area (Å²) in [6.07, 6.45) is 1.37. The molecule has 1 aromatic rings. The number of hydrogen-bond donors (Lipinski definition) is 4. The molecule has 1 aromatic heterocycles. The topological polar surface area (TPSA) is 157 Å². The molecular formula is C8H15N5O4S2. The molecule has 108 valence electrons. The van der Waals surface area contributed by atoms with Crippen molar-refractivity contribution >= 4 is 25.9 Å². The molecule has 0 aliphatic rings. The summed E-state index contributed by atoms with van der Waals surface area (Å²) in [4.78, 5) is 3.75. The van der Waals surface area contributed by atoms with Gasteiger partial charge in [0.15, 0.2) is 0 Å². The lowest BCUT2D eigenvalue weighted by molar-refractivity contribution is 0.576. The summed E-state index contributed by atoms with van der Waals surface area (Å²) in [5, 5.41) is 4.80. The quantitative estimate of drug-likeness (QED) is 0.266. The minimum atomic E-state index is -3.73. The normalized spacial score (nSPS) is 12.3. The van der Waals surface area contributed by atoms with E-state index in [0.29, 0.717) is 0 Å². The molecule has 0 unspecified atom stereocenters. The predicted octanol–water partition coefficient (Wildman–Crippen LogP) is -1.68. The van der Waals surface area contributed by atoms with Crippen LogP contribution in [0.2, 0.25) is 0 Å². The Kier molecular flexibility index (Phi) is 5.20. The summed E-state index contributed by atoms with van der Waals surface area (Å²) in [6.45, 7) is -0.0352. The van der Waals surface area contributed by atoms with Gasteiger partial charge in [-0.25, -0.2) is 37.5 Å². The number of sulfonamides is 2. The van der Waals surface area contributed by atoms with Crippen molar-refractivity contribution in [1.29, 1.82) is 0 Å². The molecule has 11 heteroatoms. The number of hydrazine groups is 1. The van der Waals surface area contributed by atoms with Crippen molar-refractivity contribution in [2.24, 2.45) is 11.0 Å². The molecule has 0 aromatic carbocycles. The van der Waals surface area contributed by atoms with Gasteiger partial charge in [-0.3, -0.25) is 0 Å². The van der Waals surface area contributed by atoms with E-state index in [-0.39, 0.29) is 29.4 Å². The van der Waals surface area contributed by atoms with Gasteiger partial charge < -0.3 is 5.43 Å². The Morgan fingerprint density at radius 1 is 1.26 bits per heavy atom. The number of aromatic nitrogens is 1. The Bertz CT molecular complexity index is 628. The molecule has 0 radical (unpaired) electrons. The van der Waals surface area contributed by atoms with Crippen LogP contribution >= 0.6 is 0 Å². The highest BCUT2D eigenvalue weighted by Crippen LogP contribution is 2.11. The zero-order valence-electron chi connectivity index (χ0n) is 9.90. The summed E-state index contributed by atoms with van der Waals surface area (Å²) >= 11 is 0. The van der Waals surface area contributed by atoms with Crippen molar-refractivity contribution in [3.8, 4) is 0 Å². The highest BCUT2D eigenvalue weighted by Gasteiger charge is 2.14. The minimum absolute atomic E-state index is 0.0222. The maximum Gasteiger partial charge on any atom is 0.240 e. The Morgan fingerprint density at radius 2 is 1.95 bits per heavy atom. The Balaban J connectivity index is 2.65. The molecule has 6 N–H and O–H groups in total. The Hall–Kier alpha value is -1.27. The lowest BCUT2D eigenvalue weighted by atomic mass is 10.5. The average molecular weight is 309 g/mol. The molecule has 9 nitrogen and oxygen atoms in total. The molecule has 19 heavy (non-hydrogen) atoms. The van der Waals surface area contributed by atoms with Crippen LogP contribution in [0.4, 0.5) is 5.82 Å². The molecule has 0 spiro atoms. The van der Waals surface area contributed by atoms with Crippen molar-refractivity contribution in [1.82, 2.24) is 9.71 Å². The van der Waals surface area contributed by atoms with E-state index in [1.54, 1.807) is 0 Å². The fourth-order valence-corrected chi connectivity index (χ4v) is 2.85. The molecule has 0 saturated carbocycles. The molecule has 1 heterocycles. The van der Waals surface area contributed by atoms with Crippen molar-refractivity contribution in [2.45, 2.75) is 11.3 Å². The SMILES string of the molecule is NNc1cc(S(=O)(=O)NCCCS(N)(=O)=O)ccn1. The number of nitrogen functional groups attached to an aromatic ring is 1. The molecular weight excluding hydrogens is 294 g/mol. The largest absolute Gasteiger partial charge is 0.308 e. The van der Waals surface area contributed by atoms with Gasteiger partial charge in [-0.2, -0.15) is 0 Å². The first kappa shape index (κ1) is 15.8. The Morgan fingerprint density at radius 3 is 2.53 bits per heavy atom. The molecule has 0 fully saturated rings. The van der Waals surface area contributed by atoms with E-state index in [4.69, 9.17) is 11.0 Å². The molecule has 0 atom stereocenters. The van der Waals surface area contributed by atoms with Gasteiger partial charge in [0.2, 0.25) is 20.0 Å². The van der Waals surface area contributed by atoms with Crippen molar-refractivity contribution in [3.63, 3.8) is 0 Å². The van der Waals surface area contributed by atoms with Gasteiger partial charge >= 0.3 is 0 Å². The molecule has 0 saturated heterocycles.